The van der Waals surface area contributed by atoms with Crippen LogP contribution < -0.4 is 5.32 Å². The summed E-state index contributed by atoms with van der Waals surface area (Å²) >= 11 is 5.78. The van der Waals surface area contributed by atoms with Gasteiger partial charge in [-0.15, -0.1) is 0 Å². The summed E-state index contributed by atoms with van der Waals surface area (Å²) in [5.74, 6) is -0.591. The van der Waals surface area contributed by atoms with E-state index in [4.69, 9.17) is 17.0 Å². The predicted octanol–water partition coefficient (Wildman–Crippen LogP) is 1.95. The summed E-state index contributed by atoms with van der Waals surface area (Å²) in [4.78, 5) is 19.6. The van der Waals surface area contributed by atoms with Gasteiger partial charge in [-0.25, -0.2) is 14.8 Å². The Morgan fingerprint density at radius 1 is 1.50 bits per heavy atom. The molecule has 1 aliphatic heterocycles. The minimum Gasteiger partial charge on any atom is -0.465 e. The van der Waals surface area contributed by atoms with E-state index in [-0.39, 0.29) is 16.5 Å². The molecule has 0 fully saturated rings. The number of aromatic nitrogens is 2. The van der Waals surface area contributed by atoms with E-state index in [1.807, 2.05) is 0 Å². The van der Waals surface area contributed by atoms with Crippen LogP contribution in [0.1, 0.15) is 16.1 Å². The molecule has 1 aromatic heterocycles. The Morgan fingerprint density at radius 2 is 2.30 bits per heavy atom. The first-order chi connectivity index (χ1) is 9.67. The van der Waals surface area contributed by atoms with Gasteiger partial charge in [0.05, 0.1) is 12.8 Å². The molecule has 0 radical (unpaired) electrons. The Balaban J connectivity index is 2.63. The van der Waals surface area contributed by atoms with Crippen molar-refractivity contribution in [3.8, 4) is 0 Å². The third-order valence-electron chi connectivity index (χ3n) is 2.56. The number of methoxy groups -OCH3 is 1. The quantitative estimate of drug-likeness (QED) is 0.505. The molecule has 2 N–H and O–H groups in total. The SMILES string of the molecule is COC(=O)c1cnc(Cl)nc1/C(C=N)=C1\C=CC=CN1. The molecular weight excluding hydrogens is 280 g/mol. The number of esters is 1. The van der Waals surface area contributed by atoms with Crippen LogP contribution in [0.3, 0.4) is 0 Å². The van der Waals surface area contributed by atoms with Gasteiger partial charge in [-0.2, -0.15) is 0 Å². The summed E-state index contributed by atoms with van der Waals surface area (Å²) in [6.45, 7) is 0. The van der Waals surface area contributed by atoms with E-state index in [2.05, 4.69) is 20.0 Å². The van der Waals surface area contributed by atoms with Crippen LogP contribution in [0.5, 0.6) is 0 Å². The highest BCUT2D eigenvalue weighted by molar-refractivity contribution is 6.28. The first kappa shape index (κ1) is 14.0. The van der Waals surface area contributed by atoms with E-state index in [0.29, 0.717) is 11.3 Å². The summed E-state index contributed by atoms with van der Waals surface area (Å²) in [6, 6.07) is 0. The Bertz CT molecular complexity index is 650. The number of hydrogen-bond donors (Lipinski definition) is 2. The van der Waals surface area contributed by atoms with Crippen molar-refractivity contribution in [3.05, 3.63) is 52.9 Å². The zero-order chi connectivity index (χ0) is 14.5. The van der Waals surface area contributed by atoms with E-state index in [9.17, 15) is 4.79 Å². The highest BCUT2D eigenvalue weighted by atomic mass is 35.5. The van der Waals surface area contributed by atoms with Crippen molar-refractivity contribution < 1.29 is 9.53 Å². The van der Waals surface area contributed by atoms with Crippen LogP contribution in [0.4, 0.5) is 0 Å². The molecule has 0 saturated heterocycles. The molecule has 0 unspecified atom stereocenters. The summed E-state index contributed by atoms with van der Waals surface area (Å²) in [5, 5.41) is 10.5. The number of ether oxygens (including phenoxy) is 1. The van der Waals surface area contributed by atoms with E-state index >= 15 is 0 Å². The average Bonchev–Trinajstić information content (AvgIpc) is 2.48. The van der Waals surface area contributed by atoms with Gasteiger partial charge in [0.25, 0.3) is 0 Å². The zero-order valence-corrected chi connectivity index (χ0v) is 11.3. The van der Waals surface area contributed by atoms with Gasteiger partial charge in [-0.05, 0) is 23.8 Å². The largest absolute Gasteiger partial charge is 0.465 e. The number of dihydropyridines is 1. The van der Waals surface area contributed by atoms with E-state index in [1.165, 1.54) is 13.3 Å². The lowest BCUT2D eigenvalue weighted by Gasteiger charge is -2.12. The van der Waals surface area contributed by atoms with Crippen LogP contribution >= 0.6 is 11.6 Å². The molecule has 0 spiro atoms. The van der Waals surface area contributed by atoms with Crippen molar-refractivity contribution in [2.24, 2.45) is 0 Å². The molecule has 0 aliphatic carbocycles. The van der Waals surface area contributed by atoms with Gasteiger partial charge in [-0.1, -0.05) is 6.08 Å². The van der Waals surface area contributed by atoms with Crippen molar-refractivity contribution in [1.82, 2.24) is 15.3 Å². The molecule has 6 nitrogen and oxygen atoms in total. The van der Waals surface area contributed by atoms with Gasteiger partial charge in [0.15, 0.2) is 0 Å². The molecule has 7 heteroatoms. The number of nitrogens with one attached hydrogen (secondary N) is 2. The number of rotatable bonds is 3. The lowest BCUT2D eigenvalue weighted by atomic mass is 10.1. The fourth-order valence-electron chi connectivity index (χ4n) is 1.66. The topological polar surface area (TPSA) is 88.0 Å². The van der Waals surface area contributed by atoms with Crippen molar-refractivity contribution in [3.63, 3.8) is 0 Å². The molecule has 2 rings (SSSR count). The standard InChI is InChI=1S/C13H11ClN4O2/c1-20-12(19)9-7-17-13(14)18-11(9)8(6-15)10-4-2-3-5-16-10/h2-7,15-16H,1H3/b10-8+,15-6?. The van der Waals surface area contributed by atoms with Crippen LogP contribution in [0, 0.1) is 5.41 Å². The zero-order valence-electron chi connectivity index (χ0n) is 10.6. The normalized spacial score (nSPS) is 15.5. The maximum atomic E-state index is 11.8. The van der Waals surface area contributed by atoms with E-state index in [1.54, 1.807) is 24.4 Å². The Labute approximate surface area is 120 Å². The van der Waals surface area contributed by atoms with Crippen LogP contribution in [0.2, 0.25) is 5.28 Å². The first-order valence-electron chi connectivity index (χ1n) is 5.63. The summed E-state index contributed by atoms with van der Waals surface area (Å²) in [6.07, 6.45) is 9.45. The van der Waals surface area contributed by atoms with Gasteiger partial charge >= 0.3 is 5.97 Å². The van der Waals surface area contributed by atoms with Crippen molar-refractivity contribution in [2.75, 3.05) is 7.11 Å². The fourth-order valence-corrected chi connectivity index (χ4v) is 1.79. The number of allylic oxidation sites excluding steroid dienone is 4. The molecule has 20 heavy (non-hydrogen) atoms. The number of carbonyl (C=O) groups is 1. The second kappa shape index (κ2) is 6.12. The number of nitrogens with zero attached hydrogens (tertiary/aromatic N) is 2. The molecular formula is C13H11ClN4O2. The number of hydrogen-bond acceptors (Lipinski definition) is 6. The number of halogens is 1. The third kappa shape index (κ3) is 2.75. The molecule has 102 valence electrons. The van der Waals surface area contributed by atoms with Gasteiger partial charge in [0, 0.05) is 29.9 Å². The van der Waals surface area contributed by atoms with E-state index < -0.39 is 5.97 Å². The highest BCUT2D eigenvalue weighted by Crippen LogP contribution is 2.21. The van der Waals surface area contributed by atoms with Gasteiger partial charge < -0.3 is 15.5 Å². The van der Waals surface area contributed by atoms with Gasteiger partial charge in [-0.3, -0.25) is 0 Å². The molecule has 0 bridgehead atoms. The Morgan fingerprint density at radius 3 is 2.90 bits per heavy atom. The fraction of sp³-hybridized carbons (Fsp3) is 0.0769. The molecule has 1 aromatic rings. The molecule has 0 atom stereocenters. The average molecular weight is 291 g/mol. The van der Waals surface area contributed by atoms with E-state index in [0.717, 1.165) is 6.21 Å². The summed E-state index contributed by atoms with van der Waals surface area (Å²) < 4.78 is 4.69. The van der Waals surface area contributed by atoms with Crippen LogP contribution in [0.15, 0.2) is 36.3 Å². The predicted molar refractivity (Wildman–Crippen MR) is 75.5 cm³/mol. The minimum absolute atomic E-state index is 0.0112. The monoisotopic (exact) mass is 290 g/mol. The van der Waals surface area contributed by atoms with Crippen LogP contribution in [-0.4, -0.2) is 29.3 Å². The summed E-state index contributed by atoms with van der Waals surface area (Å²) in [7, 11) is 1.26. The lowest BCUT2D eigenvalue weighted by molar-refractivity contribution is 0.0599. The highest BCUT2D eigenvalue weighted by Gasteiger charge is 2.19. The summed E-state index contributed by atoms with van der Waals surface area (Å²) in [5.41, 5.74) is 1.43. The smallest absolute Gasteiger partial charge is 0.341 e. The first-order valence-corrected chi connectivity index (χ1v) is 6.01. The second-order valence-electron chi connectivity index (χ2n) is 3.73. The Hall–Kier alpha value is -2.47. The van der Waals surface area contributed by atoms with Gasteiger partial charge in [0.1, 0.15) is 5.56 Å². The maximum Gasteiger partial charge on any atom is 0.341 e. The molecule has 1 aliphatic rings. The minimum atomic E-state index is -0.591. The Kier molecular flexibility index (Phi) is 4.27. The van der Waals surface area contributed by atoms with Crippen LogP contribution in [-0.2, 0) is 4.74 Å². The van der Waals surface area contributed by atoms with Crippen LogP contribution in [0.25, 0.3) is 5.57 Å². The number of carbonyl (C=O) groups excluding carboxylic acids is 1. The van der Waals surface area contributed by atoms with Crippen molar-refractivity contribution in [1.29, 1.82) is 5.41 Å². The van der Waals surface area contributed by atoms with Gasteiger partial charge in [0.2, 0.25) is 5.28 Å². The van der Waals surface area contributed by atoms with Crippen molar-refractivity contribution >= 4 is 29.4 Å². The molecule has 2 heterocycles. The molecule has 0 saturated carbocycles. The maximum absolute atomic E-state index is 11.8. The third-order valence-corrected chi connectivity index (χ3v) is 2.75. The second-order valence-corrected chi connectivity index (χ2v) is 4.07. The van der Waals surface area contributed by atoms with Crippen molar-refractivity contribution in [2.45, 2.75) is 0 Å². The molecule has 0 amide bonds. The molecule has 0 aromatic carbocycles. The lowest BCUT2D eigenvalue weighted by Crippen LogP contribution is -2.14.